The molecule has 4 unspecified atom stereocenters. The van der Waals surface area contributed by atoms with Crippen LogP contribution in [-0.2, 0) is 136 Å². The van der Waals surface area contributed by atoms with Crippen LogP contribution in [0.1, 0.15) is 74.4 Å². The van der Waals surface area contributed by atoms with E-state index >= 15 is 0 Å². The van der Waals surface area contributed by atoms with E-state index < -0.39 is 78.5 Å². The molecule has 14 aromatic rings. The van der Waals surface area contributed by atoms with E-state index in [2.05, 4.69) is 91.7 Å². The number of halogens is 4. The van der Waals surface area contributed by atoms with Gasteiger partial charge in [-0.2, -0.15) is 19.9 Å². The highest BCUT2D eigenvalue weighted by Gasteiger charge is 2.32. The second kappa shape index (κ2) is 51.5. The average Bonchev–Trinajstić information content (AvgIpc) is 1.67. The number of nitrogens with two attached hydrogens (primary N) is 4. The number of aryl methyl sites for hydroxylation is 2. The van der Waals surface area contributed by atoms with Gasteiger partial charge >= 0.3 is 30.4 Å². The zero-order chi connectivity index (χ0) is 100.0. The van der Waals surface area contributed by atoms with Gasteiger partial charge in [0.25, 0.3) is 22.2 Å². The first kappa shape index (κ1) is 108. The molecule has 0 amide bonds. The highest BCUT2D eigenvalue weighted by Crippen LogP contribution is 2.52. The molecule has 12 N–H and O–H groups in total. The molecule has 0 spiro atoms. The molecule has 139 heavy (non-hydrogen) atoms. The zero-order valence-corrected chi connectivity index (χ0v) is 83.4. The lowest BCUT2D eigenvalue weighted by atomic mass is 10.1. The van der Waals surface area contributed by atoms with E-state index in [9.17, 15) is 56.6 Å². The lowest BCUT2D eigenvalue weighted by Gasteiger charge is -2.19. The lowest BCUT2D eigenvalue weighted by Crippen LogP contribution is -2.14. The van der Waals surface area contributed by atoms with Gasteiger partial charge in [-0.1, -0.05) is 140 Å². The van der Waals surface area contributed by atoms with Gasteiger partial charge in [0.1, 0.15) is 57.6 Å². The number of anilines is 4. The van der Waals surface area contributed by atoms with Gasteiger partial charge in [0.15, 0.2) is 67.8 Å². The minimum absolute atomic E-state index is 0.0235. The minimum atomic E-state index is -3.90. The number of carbonyl (C=O) groups excluding carboxylic acids is 4. The summed E-state index contributed by atoms with van der Waals surface area (Å²) in [4.78, 5) is 138. The van der Waals surface area contributed by atoms with Gasteiger partial charge in [0.2, 0.25) is 23.8 Å². The smallest absolute Gasteiger partial charge is 0.356 e. The SMILES string of the molecule is CC(=O)COP(=O)(COCCn1cnc2c(=O)[nH]c(N)nc21)OCc1cccc(Br)c1.CCC(=O)COP(=O)(COCCn1cnc2c(=O)[nH]c(N)nc21)OCc1cccc(Br)c1.COc1ccc(C(=O)COP(=O)(COCCn2cnc3c(=O)[nH]c(N)nc32)OCc2cccc(Cl)c2)cc1C.Cc1ccc(C(=O)COP(=O)(COCCn2cnc3c(=O)[nH]c(N)nc32)OCc2cccc(Cl)c2)cc1. The molecular formula is C86H96Br2Cl2N20O25P4. The number of ether oxygens (including phenoxy) is 5. The van der Waals surface area contributed by atoms with Crippen LogP contribution in [-0.4, -0.2) is 187 Å². The molecule has 8 heterocycles. The molecule has 4 atom stereocenters. The van der Waals surface area contributed by atoms with Crippen LogP contribution in [0.15, 0.2) is 193 Å². The second-order valence-corrected chi connectivity index (χ2v) is 40.7. The van der Waals surface area contributed by atoms with Gasteiger partial charge in [0.05, 0.1) is 85.3 Å². The average molecular weight is 2160 g/mol. The Labute approximate surface area is 817 Å². The number of nitrogens with one attached hydrogen (secondary N) is 4. The predicted octanol–water partition coefficient (Wildman–Crippen LogP) is 13.2. The number of Topliss-reactive ketones (excluding diaryl/α,β-unsaturated/α-hetero) is 4. The molecule has 0 aliphatic heterocycles. The van der Waals surface area contributed by atoms with Gasteiger partial charge in [-0.05, 0) is 115 Å². The molecule has 0 bridgehead atoms. The van der Waals surface area contributed by atoms with Crippen molar-refractivity contribution in [1.82, 2.24) is 78.1 Å². The highest BCUT2D eigenvalue weighted by atomic mass is 79.9. The largest absolute Gasteiger partial charge is 0.496 e. The van der Waals surface area contributed by atoms with E-state index in [0.717, 1.165) is 31.2 Å². The summed E-state index contributed by atoms with van der Waals surface area (Å²) in [6.45, 7) is 6.39. The third-order valence-electron chi connectivity index (χ3n) is 19.3. The number of fused-ring (bicyclic) bond motifs is 4. The van der Waals surface area contributed by atoms with Crippen LogP contribution in [0, 0.1) is 13.8 Å². The Morgan fingerprint density at radius 3 is 1.02 bits per heavy atom. The Hall–Kier alpha value is -11.6. The van der Waals surface area contributed by atoms with Crippen molar-refractivity contribution in [2.75, 3.05) is 108 Å². The molecule has 14 rings (SSSR count). The molecule has 53 heteroatoms. The van der Waals surface area contributed by atoms with Crippen LogP contribution in [0.25, 0.3) is 44.7 Å². The van der Waals surface area contributed by atoms with Crippen LogP contribution in [0.3, 0.4) is 0 Å². The predicted molar refractivity (Wildman–Crippen MR) is 522 cm³/mol. The van der Waals surface area contributed by atoms with Crippen molar-refractivity contribution in [3.63, 3.8) is 0 Å². The molecule has 0 fully saturated rings. The van der Waals surface area contributed by atoms with Crippen LogP contribution in [0.5, 0.6) is 5.75 Å². The number of imidazole rings is 4. The topological polar surface area (TPSA) is 615 Å². The van der Waals surface area contributed by atoms with Crippen LogP contribution in [0.2, 0.25) is 10.0 Å². The maximum atomic E-state index is 13.6. The number of hydrogen-bond donors (Lipinski definition) is 8. The number of benzene rings is 6. The maximum absolute atomic E-state index is 13.6. The number of aromatic amines is 4. The standard InChI is InChI=1S/C25H27ClN5O7P.C24H25ClN5O6P.C19H23BrN5O6P.C18H21BrN5O6P/c1-16-10-18(6-7-21(16)35-2)20(32)13-38-39(34,37-12-17-4-3-5-19(26)11-17)15-36-9-8-31-14-28-22-23(31)29-25(27)30-24(22)33;1-16-5-7-18(8-6-16)20(31)13-36-37(33,35-12-17-3-2-4-19(25)11-17)15-34-10-9-30-14-27-21-22(30)28-24(26)29-23(21)32;1-2-15(26)10-31-32(28,30-9-13-4-3-5-14(20)8-13)12-29-7-6-25-11-22-16-17(25)23-19(21)24-18(16)27;1-12(25)8-29-31(27,30-9-13-3-2-4-14(19)7-13)11-28-6-5-24-10-21-15-16(24)22-18(20)23-17(15)26/h3-7,10-11,14H,8-9,12-13,15H2,1-2H3,(H3,27,29,30,33);2-8,11,14H,9-10,12-13,15H2,1H3,(H3,26,28,29,32);3-5,8,11H,2,6-7,9-10,12H2,1H3,(H3,21,23,24,27);2-4,7,10H,5-6,8-9,11H2,1H3,(H3,20,22,23,26). The number of nitrogens with zero attached hydrogens (tertiary/aromatic N) is 12. The van der Waals surface area contributed by atoms with Gasteiger partial charge in [-0.15, -0.1) is 0 Å². The molecule has 45 nitrogen and oxygen atoms in total. The Morgan fingerprint density at radius 1 is 0.403 bits per heavy atom. The number of hydrogen-bond acceptors (Lipinski definition) is 37. The minimum Gasteiger partial charge on any atom is -0.496 e. The van der Waals surface area contributed by atoms with Gasteiger partial charge in [-0.25, -0.2) is 19.9 Å². The number of rotatable bonds is 48. The van der Waals surface area contributed by atoms with Crippen molar-refractivity contribution < 1.29 is 97.3 Å². The van der Waals surface area contributed by atoms with Crippen molar-refractivity contribution in [2.24, 2.45) is 0 Å². The second-order valence-electron chi connectivity index (χ2n) is 30.0. The Balaban J connectivity index is 0.000000178. The summed E-state index contributed by atoms with van der Waals surface area (Å²) in [7, 11) is -13.6. The molecular weight excluding hydrogens is 2070 g/mol. The van der Waals surface area contributed by atoms with E-state index in [0.29, 0.717) is 55.0 Å². The quantitative estimate of drug-likeness (QED) is 0.00997. The number of carbonyl (C=O) groups is 4. The first-order chi connectivity index (χ1) is 66.4. The van der Waals surface area contributed by atoms with Crippen LogP contribution >= 0.6 is 85.4 Å². The monoisotopic (exact) mass is 2160 g/mol. The Bertz CT molecular complexity index is 7130. The first-order valence-electron chi connectivity index (χ1n) is 41.9. The first-order valence-corrected chi connectivity index (χ1v) is 51.1. The van der Waals surface area contributed by atoms with E-state index in [1.54, 1.807) is 111 Å². The molecule has 0 saturated heterocycles. The highest BCUT2D eigenvalue weighted by molar-refractivity contribution is 9.10. The van der Waals surface area contributed by atoms with Crippen molar-refractivity contribution >= 4 is 177 Å². The summed E-state index contributed by atoms with van der Waals surface area (Å²) in [5, 5.41) is 0.997. The fourth-order valence-corrected chi connectivity index (χ4v) is 18.6. The van der Waals surface area contributed by atoms with Gasteiger partial charge < -0.3 is 83.0 Å². The van der Waals surface area contributed by atoms with E-state index in [1.165, 1.54) is 32.2 Å². The number of aromatic nitrogens is 16. The van der Waals surface area contributed by atoms with Gasteiger partial charge in [-0.3, -0.25) is 94.6 Å². The summed E-state index contributed by atoms with van der Waals surface area (Å²) >= 11 is 18.8. The molecule has 0 aliphatic rings. The van der Waals surface area contributed by atoms with Crippen molar-refractivity contribution in [3.05, 3.63) is 270 Å². The van der Waals surface area contributed by atoms with E-state index in [-0.39, 0.29) is 186 Å². The van der Waals surface area contributed by atoms with Gasteiger partial charge in [0, 0.05) is 62.7 Å². The number of ketones is 4. The third kappa shape index (κ3) is 33.0. The van der Waals surface area contributed by atoms with Crippen molar-refractivity contribution in [2.45, 2.75) is 86.7 Å². The lowest BCUT2D eigenvalue weighted by molar-refractivity contribution is -0.121. The van der Waals surface area contributed by atoms with Crippen molar-refractivity contribution in [3.8, 4) is 5.75 Å². The Morgan fingerprint density at radius 2 is 0.712 bits per heavy atom. The fraction of sp³-hybridized carbons (Fsp3) is 0.302. The summed E-state index contributed by atoms with van der Waals surface area (Å²) < 4.78 is 133. The summed E-state index contributed by atoms with van der Waals surface area (Å²) in [5.41, 5.74) is 27.9. The zero-order valence-electron chi connectivity index (χ0n) is 75.1. The molecule has 0 radical (unpaired) electrons. The molecule has 0 saturated carbocycles. The number of methoxy groups -OCH3 is 1. The maximum Gasteiger partial charge on any atom is 0.356 e. The van der Waals surface area contributed by atoms with Crippen molar-refractivity contribution in [1.29, 1.82) is 0 Å². The van der Waals surface area contributed by atoms with E-state index in [1.807, 2.05) is 74.5 Å². The van der Waals surface area contributed by atoms with E-state index in [4.69, 9.17) is 106 Å². The number of H-pyrrole nitrogens is 4. The molecule has 0 aliphatic carbocycles. The fourth-order valence-electron chi connectivity index (χ4n) is 12.3. The summed E-state index contributed by atoms with van der Waals surface area (Å²) in [6.07, 6.45) is 4.47. The number of nitrogen functional groups attached to an aromatic ring is 4. The van der Waals surface area contributed by atoms with Crippen LogP contribution in [0.4, 0.5) is 23.8 Å². The molecule has 6 aromatic carbocycles. The normalized spacial score (nSPS) is 13.1. The third-order valence-corrected chi connectivity index (χ3v) is 26.9. The summed E-state index contributed by atoms with van der Waals surface area (Å²) in [5.74, 6) is -0.695. The molecule has 8 aromatic heterocycles. The molecule has 738 valence electrons. The van der Waals surface area contributed by atoms with Crippen LogP contribution < -0.4 is 49.9 Å². The Kier molecular flexibility index (Phi) is 40.0. The summed E-state index contributed by atoms with van der Waals surface area (Å²) in [6, 6.07) is 40.3.